The molecule has 0 radical (unpaired) electrons. The summed E-state index contributed by atoms with van der Waals surface area (Å²) in [7, 11) is 1.94. The van der Waals surface area contributed by atoms with Crippen molar-refractivity contribution in [2.24, 2.45) is 0 Å². The Morgan fingerprint density at radius 2 is 1.92 bits per heavy atom. The van der Waals surface area contributed by atoms with Gasteiger partial charge in [0, 0.05) is 13.0 Å². The average molecular weight is 172 g/mol. The van der Waals surface area contributed by atoms with Crippen LogP contribution in [0.1, 0.15) is 32.6 Å². The lowest BCUT2D eigenvalue weighted by Crippen LogP contribution is -2.24. The summed E-state index contributed by atoms with van der Waals surface area (Å²) >= 11 is 0. The van der Waals surface area contributed by atoms with Crippen LogP contribution in [0.2, 0.25) is 0 Å². The van der Waals surface area contributed by atoms with E-state index >= 15 is 0 Å². The standard InChI is InChI=1S/C9H20N2O/c1-3-6-9(12)11-8-5-4-7-10-2/h10H,3-8H2,1-2H3,(H,11,12). The fraction of sp³-hybridized carbons (Fsp3) is 0.889. The first-order valence-electron chi connectivity index (χ1n) is 4.72. The Hall–Kier alpha value is -0.570. The number of carbonyl (C=O) groups is 1. The van der Waals surface area contributed by atoms with Crippen LogP contribution in [-0.2, 0) is 4.79 Å². The van der Waals surface area contributed by atoms with Gasteiger partial charge in [0.1, 0.15) is 0 Å². The third-order valence-corrected chi connectivity index (χ3v) is 1.65. The molecule has 0 spiro atoms. The summed E-state index contributed by atoms with van der Waals surface area (Å²) in [4.78, 5) is 10.9. The van der Waals surface area contributed by atoms with Crippen LogP contribution in [0.25, 0.3) is 0 Å². The second kappa shape index (κ2) is 8.53. The lowest BCUT2D eigenvalue weighted by atomic mass is 10.3. The normalized spacial score (nSPS) is 9.83. The predicted octanol–water partition coefficient (Wildman–Crippen LogP) is 0.902. The number of carbonyl (C=O) groups excluding carboxylic acids is 1. The number of rotatable bonds is 7. The maximum absolute atomic E-state index is 10.9. The highest BCUT2D eigenvalue weighted by molar-refractivity contribution is 5.75. The van der Waals surface area contributed by atoms with E-state index in [-0.39, 0.29) is 5.91 Å². The molecule has 0 saturated heterocycles. The molecule has 0 heterocycles. The van der Waals surface area contributed by atoms with Gasteiger partial charge in [-0.25, -0.2) is 0 Å². The first-order valence-corrected chi connectivity index (χ1v) is 4.72. The van der Waals surface area contributed by atoms with Crippen LogP contribution in [0, 0.1) is 0 Å². The van der Waals surface area contributed by atoms with Crippen LogP contribution >= 0.6 is 0 Å². The van der Waals surface area contributed by atoms with Crippen LogP contribution in [0.4, 0.5) is 0 Å². The SMILES string of the molecule is CCCC(=O)NCCCCNC. The highest BCUT2D eigenvalue weighted by Gasteiger charge is 1.96. The zero-order valence-electron chi connectivity index (χ0n) is 8.15. The van der Waals surface area contributed by atoms with Crippen molar-refractivity contribution >= 4 is 5.91 Å². The van der Waals surface area contributed by atoms with E-state index in [0.717, 1.165) is 32.4 Å². The Bertz CT molecular complexity index is 115. The van der Waals surface area contributed by atoms with Crippen molar-refractivity contribution in [1.82, 2.24) is 10.6 Å². The molecule has 0 aromatic carbocycles. The van der Waals surface area contributed by atoms with Crippen LogP contribution in [0.5, 0.6) is 0 Å². The first kappa shape index (κ1) is 11.4. The second-order valence-corrected chi connectivity index (χ2v) is 2.91. The van der Waals surface area contributed by atoms with E-state index < -0.39 is 0 Å². The minimum absolute atomic E-state index is 0.182. The van der Waals surface area contributed by atoms with Crippen molar-refractivity contribution in [3.05, 3.63) is 0 Å². The molecule has 12 heavy (non-hydrogen) atoms. The molecule has 0 aliphatic heterocycles. The molecule has 0 unspecified atom stereocenters. The molecular weight excluding hydrogens is 152 g/mol. The minimum Gasteiger partial charge on any atom is -0.356 e. The molecule has 1 amide bonds. The Labute approximate surface area is 74.9 Å². The third-order valence-electron chi connectivity index (χ3n) is 1.65. The molecule has 0 atom stereocenters. The van der Waals surface area contributed by atoms with E-state index in [1.54, 1.807) is 0 Å². The summed E-state index contributed by atoms with van der Waals surface area (Å²) < 4.78 is 0. The maximum Gasteiger partial charge on any atom is 0.219 e. The van der Waals surface area contributed by atoms with Gasteiger partial charge in [-0.1, -0.05) is 6.92 Å². The number of nitrogens with one attached hydrogen (secondary N) is 2. The largest absolute Gasteiger partial charge is 0.356 e. The molecular formula is C9H20N2O. The van der Waals surface area contributed by atoms with Gasteiger partial charge < -0.3 is 10.6 Å². The van der Waals surface area contributed by atoms with Gasteiger partial charge in [-0.05, 0) is 32.9 Å². The van der Waals surface area contributed by atoms with E-state index in [0.29, 0.717) is 6.42 Å². The summed E-state index contributed by atoms with van der Waals surface area (Å²) in [6.45, 7) is 3.87. The number of hydrogen-bond donors (Lipinski definition) is 2. The van der Waals surface area contributed by atoms with Crippen molar-refractivity contribution in [1.29, 1.82) is 0 Å². The predicted molar refractivity (Wildman–Crippen MR) is 51.1 cm³/mol. The molecule has 2 N–H and O–H groups in total. The van der Waals surface area contributed by atoms with E-state index in [1.807, 2.05) is 14.0 Å². The molecule has 0 aliphatic rings. The van der Waals surface area contributed by atoms with E-state index in [9.17, 15) is 4.79 Å². The second-order valence-electron chi connectivity index (χ2n) is 2.91. The van der Waals surface area contributed by atoms with Gasteiger partial charge >= 0.3 is 0 Å². The average Bonchev–Trinajstić information content (AvgIpc) is 2.05. The van der Waals surface area contributed by atoms with Gasteiger partial charge in [0.2, 0.25) is 5.91 Å². The Morgan fingerprint density at radius 3 is 2.50 bits per heavy atom. The molecule has 72 valence electrons. The highest BCUT2D eigenvalue weighted by Crippen LogP contribution is 1.88. The first-order chi connectivity index (χ1) is 5.81. The van der Waals surface area contributed by atoms with Crippen molar-refractivity contribution in [2.75, 3.05) is 20.1 Å². The molecule has 0 aromatic heterocycles. The van der Waals surface area contributed by atoms with E-state index in [1.165, 1.54) is 0 Å². The Morgan fingerprint density at radius 1 is 1.25 bits per heavy atom. The third kappa shape index (κ3) is 7.54. The Kier molecular flexibility index (Phi) is 8.12. The molecule has 0 bridgehead atoms. The monoisotopic (exact) mass is 172 g/mol. The lowest BCUT2D eigenvalue weighted by Gasteiger charge is -2.03. The van der Waals surface area contributed by atoms with Crippen LogP contribution in [0.3, 0.4) is 0 Å². The van der Waals surface area contributed by atoms with Gasteiger partial charge in [0.05, 0.1) is 0 Å². The zero-order valence-corrected chi connectivity index (χ0v) is 8.15. The van der Waals surface area contributed by atoms with E-state index in [4.69, 9.17) is 0 Å². The van der Waals surface area contributed by atoms with Crippen LogP contribution < -0.4 is 10.6 Å². The highest BCUT2D eigenvalue weighted by atomic mass is 16.1. The fourth-order valence-corrected chi connectivity index (χ4v) is 0.970. The smallest absolute Gasteiger partial charge is 0.219 e. The quantitative estimate of drug-likeness (QED) is 0.560. The van der Waals surface area contributed by atoms with Crippen molar-refractivity contribution in [2.45, 2.75) is 32.6 Å². The molecule has 0 fully saturated rings. The minimum atomic E-state index is 0.182. The molecule has 0 aromatic rings. The summed E-state index contributed by atoms with van der Waals surface area (Å²) in [5.74, 6) is 0.182. The van der Waals surface area contributed by atoms with E-state index in [2.05, 4.69) is 10.6 Å². The topological polar surface area (TPSA) is 41.1 Å². The Balaban J connectivity index is 3.03. The van der Waals surface area contributed by atoms with Crippen LogP contribution in [-0.4, -0.2) is 26.0 Å². The molecule has 0 rings (SSSR count). The number of hydrogen-bond acceptors (Lipinski definition) is 2. The van der Waals surface area contributed by atoms with Gasteiger partial charge in [-0.2, -0.15) is 0 Å². The van der Waals surface area contributed by atoms with Gasteiger partial charge in [-0.15, -0.1) is 0 Å². The maximum atomic E-state index is 10.9. The van der Waals surface area contributed by atoms with Gasteiger partial charge in [-0.3, -0.25) is 4.79 Å². The van der Waals surface area contributed by atoms with Gasteiger partial charge in [0.25, 0.3) is 0 Å². The summed E-state index contributed by atoms with van der Waals surface area (Å²) in [6.07, 6.45) is 3.79. The summed E-state index contributed by atoms with van der Waals surface area (Å²) in [6, 6.07) is 0. The fourth-order valence-electron chi connectivity index (χ4n) is 0.970. The van der Waals surface area contributed by atoms with Crippen LogP contribution in [0.15, 0.2) is 0 Å². The number of amides is 1. The molecule has 3 heteroatoms. The lowest BCUT2D eigenvalue weighted by molar-refractivity contribution is -0.121. The van der Waals surface area contributed by atoms with Crippen molar-refractivity contribution in [3.8, 4) is 0 Å². The zero-order chi connectivity index (χ0) is 9.23. The van der Waals surface area contributed by atoms with Gasteiger partial charge in [0.15, 0.2) is 0 Å². The molecule has 0 aliphatic carbocycles. The van der Waals surface area contributed by atoms with Crippen molar-refractivity contribution < 1.29 is 4.79 Å². The summed E-state index contributed by atoms with van der Waals surface area (Å²) in [5.41, 5.74) is 0. The molecule has 3 nitrogen and oxygen atoms in total. The van der Waals surface area contributed by atoms with Crippen molar-refractivity contribution in [3.63, 3.8) is 0 Å². The summed E-state index contributed by atoms with van der Waals surface area (Å²) in [5, 5.41) is 5.94. The number of unbranched alkanes of at least 4 members (excludes halogenated alkanes) is 1. The molecule has 0 saturated carbocycles.